The van der Waals surface area contributed by atoms with Gasteiger partial charge in [0.1, 0.15) is 11.6 Å². The molecule has 0 aliphatic carbocycles. The van der Waals surface area contributed by atoms with Crippen LogP contribution in [0, 0.1) is 5.92 Å². The average molecular weight is 289 g/mol. The van der Waals surface area contributed by atoms with Crippen LogP contribution in [0.3, 0.4) is 0 Å². The second-order valence-corrected chi connectivity index (χ2v) is 5.82. The minimum absolute atomic E-state index is 0.134. The van der Waals surface area contributed by atoms with Crippen LogP contribution in [-0.4, -0.2) is 41.4 Å². The van der Waals surface area contributed by atoms with Crippen molar-refractivity contribution in [3.63, 3.8) is 0 Å². The molecule has 0 fully saturated rings. The van der Waals surface area contributed by atoms with Crippen LogP contribution in [0.2, 0.25) is 0 Å². The number of carboxylic acids is 1. The maximum absolute atomic E-state index is 11.5. The highest BCUT2D eigenvalue weighted by molar-refractivity contribution is 5.85. The first-order valence-corrected chi connectivity index (χ1v) is 6.39. The van der Waals surface area contributed by atoms with Crippen molar-refractivity contribution in [3.05, 3.63) is 0 Å². The standard InChI is InChI=1S/C13H23NO6/c1-8(2)7-19-12(18)14-9(11(16)17)6-10(15)20-13(3,4)5/h8-9H,6-7H2,1-5H3,(H,14,18)(H,16,17)/t9-/m0/s1. The van der Waals surface area contributed by atoms with E-state index in [0.29, 0.717) is 0 Å². The molecule has 0 radical (unpaired) electrons. The van der Waals surface area contributed by atoms with E-state index >= 15 is 0 Å². The first-order valence-electron chi connectivity index (χ1n) is 6.39. The van der Waals surface area contributed by atoms with Crippen LogP contribution in [0.4, 0.5) is 4.79 Å². The fourth-order valence-corrected chi connectivity index (χ4v) is 1.18. The number of carboxylic acid groups (broad SMARTS) is 1. The molecule has 2 N–H and O–H groups in total. The number of ether oxygens (including phenoxy) is 2. The second-order valence-electron chi connectivity index (χ2n) is 5.82. The number of nitrogens with one attached hydrogen (secondary N) is 1. The summed E-state index contributed by atoms with van der Waals surface area (Å²) in [5, 5.41) is 11.1. The lowest BCUT2D eigenvalue weighted by Crippen LogP contribution is -2.43. The van der Waals surface area contributed by atoms with Crippen molar-refractivity contribution in [2.45, 2.75) is 52.7 Å². The van der Waals surface area contributed by atoms with Crippen LogP contribution in [0.1, 0.15) is 41.0 Å². The number of hydrogen-bond donors (Lipinski definition) is 2. The highest BCUT2D eigenvalue weighted by atomic mass is 16.6. The average Bonchev–Trinajstić information content (AvgIpc) is 2.22. The third kappa shape index (κ3) is 9.18. The first-order chi connectivity index (χ1) is 9.01. The van der Waals surface area contributed by atoms with Crippen molar-refractivity contribution in [2.24, 2.45) is 5.92 Å². The number of aliphatic carboxylic acids is 1. The molecule has 0 aliphatic rings. The topological polar surface area (TPSA) is 102 Å². The van der Waals surface area contributed by atoms with Gasteiger partial charge in [0.25, 0.3) is 0 Å². The van der Waals surface area contributed by atoms with Crippen LogP contribution >= 0.6 is 0 Å². The van der Waals surface area contributed by atoms with Crippen molar-refractivity contribution >= 4 is 18.0 Å². The maximum Gasteiger partial charge on any atom is 0.407 e. The van der Waals surface area contributed by atoms with Gasteiger partial charge in [-0.25, -0.2) is 9.59 Å². The lowest BCUT2D eigenvalue weighted by Gasteiger charge is -2.21. The highest BCUT2D eigenvalue weighted by Gasteiger charge is 2.27. The lowest BCUT2D eigenvalue weighted by atomic mass is 10.1. The zero-order valence-corrected chi connectivity index (χ0v) is 12.6. The smallest absolute Gasteiger partial charge is 0.407 e. The third-order valence-corrected chi connectivity index (χ3v) is 1.93. The number of carbonyl (C=O) groups excluding carboxylic acids is 2. The summed E-state index contributed by atoms with van der Waals surface area (Å²) in [7, 11) is 0. The largest absolute Gasteiger partial charge is 0.480 e. The molecular formula is C13H23NO6. The van der Waals surface area contributed by atoms with E-state index in [1.54, 1.807) is 20.8 Å². The molecule has 0 saturated heterocycles. The zero-order chi connectivity index (χ0) is 15.9. The van der Waals surface area contributed by atoms with Gasteiger partial charge in [0.05, 0.1) is 13.0 Å². The molecular weight excluding hydrogens is 266 g/mol. The van der Waals surface area contributed by atoms with Crippen molar-refractivity contribution in [1.29, 1.82) is 0 Å². The van der Waals surface area contributed by atoms with E-state index in [2.05, 4.69) is 5.32 Å². The molecule has 0 unspecified atom stereocenters. The number of carbonyl (C=O) groups is 3. The monoisotopic (exact) mass is 289 g/mol. The number of rotatable bonds is 6. The zero-order valence-electron chi connectivity index (χ0n) is 12.6. The molecule has 0 heterocycles. The summed E-state index contributed by atoms with van der Waals surface area (Å²) in [5.41, 5.74) is -0.710. The van der Waals surface area contributed by atoms with E-state index in [0.717, 1.165) is 0 Å². The lowest BCUT2D eigenvalue weighted by molar-refractivity contribution is -0.158. The maximum atomic E-state index is 11.5. The summed E-state index contributed by atoms with van der Waals surface area (Å²) in [6.07, 6.45) is -1.32. The normalized spacial score (nSPS) is 12.7. The van der Waals surface area contributed by atoms with Gasteiger partial charge in [0.2, 0.25) is 0 Å². The molecule has 0 aromatic carbocycles. The predicted octanol–water partition coefficient (Wildman–Crippen LogP) is 1.55. The molecule has 116 valence electrons. The van der Waals surface area contributed by atoms with Crippen LogP contribution in [-0.2, 0) is 19.1 Å². The molecule has 0 saturated carbocycles. The minimum Gasteiger partial charge on any atom is -0.480 e. The summed E-state index contributed by atoms with van der Waals surface area (Å²) in [6, 6.07) is -1.37. The number of hydrogen-bond acceptors (Lipinski definition) is 5. The van der Waals surface area contributed by atoms with E-state index < -0.39 is 36.1 Å². The van der Waals surface area contributed by atoms with Gasteiger partial charge in [-0.1, -0.05) is 13.8 Å². The van der Waals surface area contributed by atoms with E-state index in [-0.39, 0.29) is 12.5 Å². The van der Waals surface area contributed by atoms with Crippen LogP contribution in [0.15, 0.2) is 0 Å². The van der Waals surface area contributed by atoms with E-state index in [9.17, 15) is 14.4 Å². The van der Waals surface area contributed by atoms with Crippen molar-refractivity contribution in [2.75, 3.05) is 6.61 Å². The summed E-state index contributed by atoms with van der Waals surface area (Å²) >= 11 is 0. The van der Waals surface area contributed by atoms with Gasteiger partial charge in [-0.3, -0.25) is 4.79 Å². The summed E-state index contributed by atoms with van der Waals surface area (Å²) in [4.78, 5) is 33.9. The van der Waals surface area contributed by atoms with Gasteiger partial charge in [0.15, 0.2) is 0 Å². The van der Waals surface area contributed by atoms with Gasteiger partial charge in [-0.15, -0.1) is 0 Å². The van der Waals surface area contributed by atoms with Crippen molar-refractivity contribution in [1.82, 2.24) is 5.32 Å². The van der Waals surface area contributed by atoms with Gasteiger partial charge >= 0.3 is 18.0 Å². The highest BCUT2D eigenvalue weighted by Crippen LogP contribution is 2.09. The molecule has 20 heavy (non-hydrogen) atoms. The minimum atomic E-state index is -1.37. The fourth-order valence-electron chi connectivity index (χ4n) is 1.18. The van der Waals surface area contributed by atoms with Gasteiger partial charge in [0, 0.05) is 0 Å². The Morgan fingerprint density at radius 2 is 1.75 bits per heavy atom. The van der Waals surface area contributed by atoms with Crippen LogP contribution in [0.25, 0.3) is 0 Å². The number of amides is 1. The Balaban J connectivity index is 4.41. The predicted molar refractivity (Wildman–Crippen MR) is 71.2 cm³/mol. The summed E-state index contributed by atoms with van der Waals surface area (Å²) in [5.74, 6) is -1.89. The second kappa shape index (κ2) is 7.72. The SMILES string of the molecule is CC(C)COC(=O)N[C@@H](CC(=O)OC(C)(C)C)C(=O)O. The van der Waals surface area contributed by atoms with Crippen molar-refractivity contribution in [3.8, 4) is 0 Å². The summed E-state index contributed by atoms with van der Waals surface area (Å²) < 4.78 is 9.80. The van der Waals surface area contributed by atoms with Gasteiger partial charge in [-0.05, 0) is 26.7 Å². The number of esters is 1. The molecule has 7 nitrogen and oxygen atoms in total. The van der Waals surface area contributed by atoms with Crippen LogP contribution in [0.5, 0.6) is 0 Å². The molecule has 1 atom stereocenters. The molecule has 0 spiro atoms. The third-order valence-electron chi connectivity index (χ3n) is 1.93. The molecule has 0 bridgehead atoms. The molecule has 7 heteroatoms. The Kier molecular flexibility index (Phi) is 7.02. The Morgan fingerprint density at radius 3 is 2.15 bits per heavy atom. The molecule has 0 rings (SSSR count). The quantitative estimate of drug-likeness (QED) is 0.719. The Hall–Kier alpha value is -1.79. The van der Waals surface area contributed by atoms with Crippen molar-refractivity contribution < 1.29 is 29.0 Å². The Bertz CT molecular complexity index is 358. The van der Waals surface area contributed by atoms with Gasteiger partial charge in [-0.2, -0.15) is 0 Å². The fraction of sp³-hybridized carbons (Fsp3) is 0.769. The van der Waals surface area contributed by atoms with Crippen LogP contribution < -0.4 is 5.32 Å². The Morgan fingerprint density at radius 1 is 1.20 bits per heavy atom. The van der Waals surface area contributed by atoms with E-state index in [1.807, 2.05) is 13.8 Å². The molecule has 0 aromatic heterocycles. The van der Waals surface area contributed by atoms with E-state index in [1.165, 1.54) is 0 Å². The molecule has 0 aliphatic heterocycles. The van der Waals surface area contributed by atoms with Gasteiger partial charge < -0.3 is 19.9 Å². The summed E-state index contributed by atoms with van der Waals surface area (Å²) in [6.45, 7) is 8.89. The molecule has 0 aromatic rings. The molecule has 1 amide bonds. The Labute approximate surface area is 118 Å². The van der Waals surface area contributed by atoms with E-state index in [4.69, 9.17) is 14.6 Å². The number of alkyl carbamates (subject to hydrolysis) is 1. The first kappa shape index (κ1) is 18.2.